The maximum atomic E-state index is 13.2. The van der Waals surface area contributed by atoms with Gasteiger partial charge in [0, 0.05) is 36.7 Å². The molecule has 0 aliphatic carbocycles. The number of hydrogen-bond acceptors (Lipinski definition) is 3. The zero-order chi connectivity index (χ0) is 20.2. The summed E-state index contributed by atoms with van der Waals surface area (Å²) in [4.78, 5) is 18.1. The highest BCUT2D eigenvalue weighted by molar-refractivity contribution is 5.83. The molecule has 5 nitrogen and oxygen atoms in total. The Kier molecular flexibility index (Phi) is 5.92. The molecule has 4 rings (SSSR count). The van der Waals surface area contributed by atoms with Crippen LogP contribution in [0.1, 0.15) is 24.2 Å². The molecule has 0 saturated carbocycles. The van der Waals surface area contributed by atoms with Crippen LogP contribution >= 0.6 is 0 Å². The smallest absolute Gasteiger partial charge is 0.237 e. The second-order valence-corrected chi connectivity index (χ2v) is 7.48. The number of fused-ring (bicyclic) bond motifs is 1. The number of nitrogens with one attached hydrogen (secondary N) is 2. The number of aromatic amines is 1. The van der Waals surface area contributed by atoms with Crippen LogP contribution < -0.4 is 5.32 Å². The first kappa shape index (κ1) is 19.6. The predicted octanol–water partition coefficient (Wildman–Crippen LogP) is 3.43. The van der Waals surface area contributed by atoms with Gasteiger partial charge in [-0.1, -0.05) is 30.3 Å². The van der Waals surface area contributed by atoms with Gasteiger partial charge < -0.3 is 15.0 Å². The average molecular weight is 395 g/mol. The van der Waals surface area contributed by atoms with E-state index in [1.807, 2.05) is 25.3 Å². The third-order valence-corrected chi connectivity index (χ3v) is 5.64. The van der Waals surface area contributed by atoms with Crippen molar-refractivity contribution >= 4 is 16.8 Å². The summed E-state index contributed by atoms with van der Waals surface area (Å²) in [6.45, 7) is 4.39. The molecule has 6 heteroatoms. The summed E-state index contributed by atoms with van der Waals surface area (Å²) in [5.41, 5.74) is 3.25. The number of morpholine rings is 1. The molecule has 3 aromatic rings. The minimum absolute atomic E-state index is 0.0181. The predicted molar refractivity (Wildman–Crippen MR) is 111 cm³/mol. The lowest BCUT2D eigenvalue weighted by atomic mass is 10.1. The van der Waals surface area contributed by atoms with Crippen LogP contribution in [0.5, 0.6) is 0 Å². The van der Waals surface area contributed by atoms with Crippen molar-refractivity contribution in [1.29, 1.82) is 0 Å². The first-order valence-electron chi connectivity index (χ1n) is 10.1. The van der Waals surface area contributed by atoms with E-state index in [-0.39, 0.29) is 23.9 Å². The standard InChI is InChI=1S/C23H26FN3O2/c1-16(27-12-13-29-22(15-27)17-6-8-19(24)9-7-17)23(28)25-11-10-18-14-26-21-5-3-2-4-20(18)21/h2-9,14,16,22,26H,10-13,15H2,1H3,(H,25,28). The molecule has 2 atom stereocenters. The van der Waals surface area contributed by atoms with Crippen LogP contribution in [-0.4, -0.2) is 48.1 Å². The van der Waals surface area contributed by atoms with Crippen molar-refractivity contribution in [2.45, 2.75) is 25.5 Å². The minimum atomic E-state index is -0.260. The summed E-state index contributed by atoms with van der Waals surface area (Å²) >= 11 is 0. The van der Waals surface area contributed by atoms with E-state index < -0.39 is 0 Å². The topological polar surface area (TPSA) is 57.4 Å². The second kappa shape index (κ2) is 8.76. The Hall–Kier alpha value is -2.70. The fraction of sp³-hybridized carbons (Fsp3) is 0.348. The van der Waals surface area contributed by atoms with Crippen LogP contribution in [0.25, 0.3) is 10.9 Å². The highest BCUT2D eigenvalue weighted by Crippen LogP contribution is 2.24. The number of ether oxygens (including phenoxy) is 1. The highest BCUT2D eigenvalue weighted by Gasteiger charge is 2.28. The number of benzene rings is 2. The van der Waals surface area contributed by atoms with Gasteiger partial charge in [0.15, 0.2) is 0 Å². The van der Waals surface area contributed by atoms with Gasteiger partial charge in [0.1, 0.15) is 5.82 Å². The Morgan fingerprint density at radius 1 is 1.28 bits per heavy atom. The van der Waals surface area contributed by atoms with Gasteiger partial charge in [-0.15, -0.1) is 0 Å². The van der Waals surface area contributed by atoms with E-state index in [1.54, 1.807) is 12.1 Å². The van der Waals surface area contributed by atoms with Crippen LogP contribution in [0.3, 0.4) is 0 Å². The SMILES string of the molecule is CC(C(=O)NCCc1c[nH]c2ccccc12)N1CCOC(c2ccc(F)cc2)C1. The summed E-state index contributed by atoms with van der Waals surface area (Å²) in [6, 6.07) is 14.3. The second-order valence-electron chi connectivity index (χ2n) is 7.48. The lowest BCUT2D eigenvalue weighted by Crippen LogP contribution is -2.50. The number of carbonyl (C=O) groups excluding carboxylic acids is 1. The van der Waals surface area contributed by atoms with Crippen molar-refractivity contribution in [2.75, 3.05) is 26.2 Å². The molecule has 29 heavy (non-hydrogen) atoms. The van der Waals surface area contributed by atoms with E-state index in [0.717, 1.165) is 17.5 Å². The van der Waals surface area contributed by atoms with Gasteiger partial charge in [-0.3, -0.25) is 9.69 Å². The van der Waals surface area contributed by atoms with Crippen LogP contribution in [0.2, 0.25) is 0 Å². The Labute approximate surface area is 169 Å². The van der Waals surface area contributed by atoms with E-state index in [0.29, 0.717) is 26.2 Å². The first-order chi connectivity index (χ1) is 14.1. The maximum Gasteiger partial charge on any atom is 0.237 e. The van der Waals surface area contributed by atoms with E-state index in [2.05, 4.69) is 27.3 Å². The van der Waals surface area contributed by atoms with Gasteiger partial charge >= 0.3 is 0 Å². The zero-order valence-corrected chi connectivity index (χ0v) is 16.5. The number of para-hydroxylation sites is 1. The Morgan fingerprint density at radius 2 is 2.07 bits per heavy atom. The molecule has 1 fully saturated rings. The summed E-state index contributed by atoms with van der Waals surface area (Å²) in [6.07, 6.45) is 2.64. The molecule has 2 N–H and O–H groups in total. The third-order valence-electron chi connectivity index (χ3n) is 5.64. The quantitative estimate of drug-likeness (QED) is 0.672. The number of carbonyl (C=O) groups is 1. The van der Waals surface area contributed by atoms with Crippen molar-refractivity contribution in [3.63, 3.8) is 0 Å². The third kappa shape index (κ3) is 4.49. The van der Waals surface area contributed by atoms with Gasteiger partial charge in [0.25, 0.3) is 0 Å². The number of amides is 1. The summed E-state index contributed by atoms with van der Waals surface area (Å²) in [5, 5.41) is 4.26. The van der Waals surface area contributed by atoms with Crippen LogP contribution in [0, 0.1) is 5.82 Å². The molecule has 1 aromatic heterocycles. The molecule has 0 spiro atoms. The molecule has 0 bridgehead atoms. The summed E-state index contributed by atoms with van der Waals surface area (Å²) in [5.74, 6) is -0.242. The minimum Gasteiger partial charge on any atom is -0.371 e. The molecule has 152 valence electrons. The largest absolute Gasteiger partial charge is 0.371 e. The Balaban J connectivity index is 1.30. The first-order valence-corrected chi connectivity index (χ1v) is 10.1. The van der Waals surface area contributed by atoms with Crippen LogP contribution in [0.15, 0.2) is 54.7 Å². The van der Waals surface area contributed by atoms with Gasteiger partial charge in [0.05, 0.1) is 18.8 Å². The maximum absolute atomic E-state index is 13.2. The average Bonchev–Trinajstić information content (AvgIpc) is 3.17. The van der Waals surface area contributed by atoms with Gasteiger partial charge in [-0.05, 0) is 42.7 Å². The van der Waals surface area contributed by atoms with Crippen molar-refractivity contribution < 1.29 is 13.9 Å². The van der Waals surface area contributed by atoms with Crippen molar-refractivity contribution in [1.82, 2.24) is 15.2 Å². The van der Waals surface area contributed by atoms with Crippen molar-refractivity contribution in [3.8, 4) is 0 Å². The number of halogens is 1. The lowest BCUT2D eigenvalue weighted by molar-refractivity contribution is -0.129. The Bertz CT molecular complexity index is 970. The highest BCUT2D eigenvalue weighted by atomic mass is 19.1. The number of rotatable bonds is 6. The molecular weight excluding hydrogens is 369 g/mol. The fourth-order valence-corrected chi connectivity index (χ4v) is 3.87. The van der Waals surface area contributed by atoms with Gasteiger partial charge in [-0.2, -0.15) is 0 Å². The summed E-state index contributed by atoms with van der Waals surface area (Å²) in [7, 11) is 0. The van der Waals surface area contributed by atoms with E-state index in [1.165, 1.54) is 23.1 Å². The molecular formula is C23H26FN3O2. The van der Waals surface area contributed by atoms with E-state index >= 15 is 0 Å². The van der Waals surface area contributed by atoms with Gasteiger partial charge in [0.2, 0.25) is 5.91 Å². The van der Waals surface area contributed by atoms with Crippen LogP contribution in [0.4, 0.5) is 4.39 Å². The molecule has 2 aromatic carbocycles. The molecule has 1 aliphatic rings. The molecule has 0 radical (unpaired) electrons. The molecule has 1 amide bonds. The molecule has 1 saturated heterocycles. The number of hydrogen-bond donors (Lipinski definition) is 2. The lowest BCUT2D eigenvalue weighted by Gasteiger charge is -2.36. The monoisotopic (exact) mass is 395 g/mol. The molecule has 2 unspecified atom stereocenters. The number of aromatic nitrogens is 1. The zero-order valence-electron chi connectivity index (χ0n) is 16.5. The van der Waals surface area contributed by atoms with Crippen LogP contribution in [-0.2, 0) is 16.0 Å². The molecule has 2 heterocycles. The van der Waals surface area contributed by atoms with E-state index in [4.69, 9.17) is 4.74 Å². The summed E-state index contributed by atoms with van der Waals surface area (Å²) < 4.78 is 19.0. The number of H-pyrrole nitrogens is 1. The van der Waals surface area contributed by atoms with E-state index in [9.17, 15) is 9.18 Å². The van der Waals surface area contributed by atoms with Crippen molar-refractivity contribution in [2.24, 2.45) is 0 Å². The van der Waals surface area contributed by atoms with Gasteiger partial charge in [-0.25, -0.2) is 4.39 Å². The molecule has 1 aliphatic heterocycles. The van der Waals surface area contributed by atoms with Crippen molar-refractivity contribution in [3.05, 3.63) is 71.7 Å². The fourth-order valence-electron chi connectivity index (χ4n) is 3.87. The normalized spacial score (nSPS) is 18.6. The Morgan fingerprint density at radius 3 is 2.90 bits per heavy atom. The number of nitrogens with zero attached hydrogens (tertiary/aromatic N) is 1.